The number of nitrogens with two attached hydrogens (primary N) is 1. The van der Waals surface area contributed by atoms with Crippen LogP contribution in [0.5, 0.6) is 0 Å². The van der Waals surface area contributed by atoms with Crippen LogP contribution in [-0.4, -0.2) is 21.1 Å². The second-order valence-corrected chi connectivity index (χ2v) is 5.28. The van der Waals surface area contributed by atoms with Crippen LogP contribution in [0.3, 0.4) is 0 Å². The SMILES string of the molecule is CCOC(=O)NS(=O)(=O)NCc1cccc(N)c1C. The minimum atomic E-state index is -3.95. The zero-order valence-electron chi connectivity index (χ0n) is 10.8. The minimum absolute atomic E-state index is 0.0333. The van der Waals surface area contributed by atoms with Crippen LogP contribution in [0.1, 0.15) is 18.1 Å². The Bertz CT molecular complexity index is 557. The Morgan fingerprint density at radius 3 is 2.74 bits per heavy atom. The summed E-state index contributed by atoms with van der Waals surface area (Å²) in [7, 11) is -3.95. The normalized spacial score (nSPS) is 11.1. The van der Waals surface area contributed by atoms with E-state index in [2.05, 4.69) is 9.46 Å². The lowest BCUT2D eigenvalue weighted by Crippen LogP contribution is -2.40. The molecule has 0 aromatic heterocycles. The smallest absolute Gasteiger partial charge is 0.421 e. The largest absolute Gasteiger partial charge is 0.449 e. The van der Waals surface area contributed by atoms with E-state index in [1.165, 1.54) is 0 Å². The average molecular weight is 287 g/mol. The van der Waals surface area contributed by atoms with Gasteiger partial charge >= 0.3 is 16.3 Å². The van der Waals surface area contributed by atoms with Gasteiger partial charge in [0.05, 0.1) is 6.61 Å². The standard InChI is InChI=1S/C11H17N3O4S/c1-3-18-11(15)14-19(16,17)13-7-9-5-4-6-10(12)8(9)2/h4-6,13H,3,7,12H2,1-2H3,(H,14,15). The molecule has 0 aliphatic rings. The van der Waals surface area contributed by atoms with E-state index in [4.69, 9.17) is 5.73 Å². The fourth-order valence-electron chi connectivity index (χ4n) is 1.37. The molecular weight excluding hydrogens is 270 g/mol. The fraction of sp³-hybridized carbons (Fsp3) is 0.364. The van der Waals surface area contributed by atoms with Gasteiger partial charge < -0.3 is 10.5 Å². The van der Waals surface area contributed by atoms with Crippen molar-refractivity contribution in [1.82, 2.24) is 9.44 Å². The maximum atomic E-state index is 11.5. The number of rotatable bonds is 5. The molecule has 1 rings (SSSR count). The summed E-state index contributed by atoms with van der Waals surface area (Å²) in [6.45, 7) is 3.49. The number of nitrogen functional groups attached to an aromatic ring is 1. The maximum Gasteiger partial charge on any atom is 0.421 e. The van der Waals surface area contributed by atoms with Gasteiger partial charge in [0.2, 0.25) is 0 Å². The predicted octanol–water partition coefficient (Wildman–Crippen LogP) is 0.658. The monoisotopic (exact) mass is 287 g/mol. The molecule has 0 heterocycles. The van der Waals surface area contributed by atoms with Crippen LogP contribution < -0.4 is 15.2 Å². The first-order valence-corrected chi connectivity index (χ1v) is 7.12. The van der Waals surface area contributed by atoms with Gasteiger partial charge in [-0.05, 0) is 31.0 Å². The first kappa shape index (κ1) is 15.3. The van der Waals surface area contributed by atoms with Gasteiger partial charge in [0.1, 0.15) is 0 Å². The molecule has 106 valence electrons. The first-order chi connectivity index (χ1) is 8.85. The van der Waals surface area contributed by atoms with Crippen LogP contribution >= 0.6 is 0 Å². The van der Waals surface area contributed by atoms with Crippen molar-refractivity contribution < 1.29 is 17.9 Å². The molecule has 1 amide bonds. The van der Waals surface area contributed by atoms with Crippen molar-refractivity contribution in [2.45, 2.75) is 20.4 Å². The zero-order chi connectivity index (χ0) is 14.5. The van der Waals surface area contributed by atoms with Crippen molar-refractivity contribution in [2.24, 2.45) is 0 Å². The molecule has 1 aromatic rings. The van der Waals surface area contributed by atoms with Gasteiger partial charge in [0.15, 0.2) is 0 Å². The molecule has 19 heavy (non-hydrogen) atoms. The molecule has 8 heteroatoms. The molecule has 0 unspecified atom stereocenters. The Kier molecular flexibility index (Phi) is 5.13. The Morgan fingerprint density at radius 1 is 1.42 bits per heavy atom. The summed E-state index contributed by atoms with van der Waals surface area (Å²) in [5.74, 6) is 0. The summed E-state index contributed by atoms with van der Waals surface area (Å²) >= 11 is 0. The van der Waals surface area contributed by atoms with Crippen molar-refractivity contribution in [3.63, 3.8) is 0 Å². The number of benzene rings is 1. The predicted molar refractivity (Wildman–Crippen MR) is 71.5 cm³/mol. The quantitative estimate of drug-likeness (QED) is 0.689. The first-order valence-electron chi connectivity index (χ1n) is 5.64. The van der Waals surface area contributed by atoms with Gasteiger partial charge in [-0.25, -0.2) is 9.52 Å². The molecule has 0 aliphatic heterocycles. The van der Waals surface area contributed by atoms with E-state index in [0.717, 1.165) is 11.1 Å². The summed E-state index contributed by atoms with van der Waals surface area (Å²) in [5, 5.41) is 0. The number of anilines is 1. The summed E-state index contributed by atoms with van der Waals surface area (Å²) in [4.78, 5) is 11.0. The highest BCUT2D eigenvalue weighted by atomic mass is 32.2. The van der Waals surface area contributed by atoms with E-state index in [-0.39, 0.29) is 13.2 Å². The summed E-state index contributed by atoms with van der Waals surface area (Å²) in [6, 6.07) is 5.20. The van der Waals surface area contributed by atoms with Gasteiger partial charge in [0, 0.05) is 12.2 Å². The molecule has 0 saturated carbocycles. The lowest BCUT2D eigenvalue weighted by Gasteiger charge is -2.10. The number of nitrogens with one attached hydrogen (secondary N) is 2. The van der Waals surface area contributed by atoms with Crippen LogP contribution in [0.15, 0.2) is 18.2 Å². The zero-order valence-corrected chi connectivity index (χ0v) is 11.6. The number of carbonyl (C=O) groups excluding carboxylic acids is 1. The Labute approximate surface area is 112 Å². The van der Waals surface area contributed by atoms with Crippen molar-refractivity contribution in [3.05, 3.63) is 29.3 Å². The highest BCUT2D eigenvalue weighted by Crippen LogP contribution is 2.15. The van der Waals surface area contributed by atoms with E-state index >= 15 is 0 Å². The Balaban J connectivity index is 2.65. The molecule has 0 radical (unpaired) electrons. The third-order valence-corrected chi connectivity index (χ3v) is 3.39. The molecule has 0 fully saturated rings. The van der Waals surface area contributed by atoms with E-state index in [0.29, 0.717) is 5.69 Å². The van der Waals surface area contributed by atoms with Crippen LogP contribution in [-0.2, 0) is 21.5 Å². The third-order valence-electron chi connectivity index (χ3n) is 2.43. The van der Waals surface area contributed by atoms with Gasteiger partial charge in [0.25, 0.3) is 0 Å². The molecular formula is C11H17N3O4S. The van der Waals surface area contributed by atoms with Gasteiger partial charge in [-0.1, -0.05) is 12.1 Å². The molecule has 7 nitrogen and oxygen atoms in total. The van der Waals surface area contributed by atoms with Crippen molar-refractivity contribution >= 4 is 22.0 Å². The maximum absolute atomic E-state index is 11.5. The van der Waals surface area contributed by atoms with E-state index < -0.39 is 16.3 Å². The third kappa shape index (κ3) is 4.76. The highest BCUT2D eigenvalue weighted by molar-refractivity contribution is 7.88. The van der Waals surface area contributed by atoms with Crippen LogP contribution in [0.4, 0.5) is 10.5 Å². The Hall–Kier alpha value is -1.80. The molecule has 4 N–H and O–H groups in total. The topological polar surface area (TPSA) is 111 Å². The van der Waals surface area contributed by atoms with Crippen molar-refractivity contribution in [1.29, 1.82) is 0 Å². The summed E-state index contributed by atoms with van der Waals surface area (Å²) in [5.41, 5.74) is 7.82. The van der Waals surface area contributed by atoms with E-state index in [1.807, 2.05) is 0 Å². The fourth-order valence-corrected chi connectivity index (χ4v) is 2.07. The molecule has 0 bridgehead atoms. The number of ether oxygens (including phenoxy) is 1. The lowest BCUT2D eigenvalue weighted by atomic mass is 10.1. The number of hydrogen-bond donors (Lipinski definition) is 3. The second kappa shape index (κ2) is 6.39. The molecule has 0 atom stereocenters. The highest BCUT2D eigenvalue weighted by Gasteiger charge is 2.15. The molecule has 0 aliphatic carbocycles. The van der Waals surface area contributed by atoms with Crippen molar-refractivity contribution in [3.8, 4) is 0 Å². The summed E-state index contributed by atoms with van der Waals surface area (Å²) < 4.78 is 31.5. The number of carbonyl (C=O) groups is 1. The second-order valence-electron chi connectivity index (χ2n) is 3.78. The van der Waals surface area contributed by atoms with Crippen LogP contribution in [0, 0.1) is 6.92 Å². The lowest BCUT2D eigenvalue weighted by molar-refractivity contribution is 0.158. The van der Waals surface area contributed by atoms with E-state index in [9.17, 15) is 13.2 Å². The van der Waals surface area contributed by atoms with E-state index in [1.54, 1.807) is 36.8 Å². The molecule has 1 aromatic carbocycles. The van der Waals surface area contributed by atoms with Gasteiger partial charge in [-0.15, -0.1) is 0 Å². The minimum Gasteiger partial charge on any atom is -0.449 e. The van der Waals surface area contributed by atoms with Crippen LogP contribution in [0.25, 0.3) is 0 Å². The number of hydrogen-bond acceptors (Lipinski definition) is 5. The van der Waals surface area contributed by atoms with Gasteiger partial charge in [-0.3, -0.25) is 0 Å². The summed E-state index contributed by atoms with van der Waals surface area (Å²) in [6.07, 6.45) is -1.01. The molecule has 0 saturated heterocycles. The molecule has 0 spiro atoms. The Morgan fingerprint density at radius 2 is 2.11 bits per heavy atom. The van der Waals surface area contributed by atoms with Crippen molar-refractivity contribution in [2.75, 3.05) is 12.3 Å². The number of amides is 1. The van der Waals surface area contributed by atoms with Crippen LogP contribution in [0.2, 0.25) is 0 Å². The average Bonchev–Trinajstić information content (AvgIpc) is 2.30. The van der Waals surface area contributed by atoms with Gasteiger partial charge in [-0.2, -0.15) is 13.1 Å².